The number of ether oxygens (including phenoxy) is 1. The fourth-order valence-electron chi connectivity index (χ4n) is 2.89. The van der Waals surface area contributed by atoms with Gasteiger partial charge in [-0.25, -0.2) is 0 Å². The summed E-state index contributed by atoms with van der Waals surface area (Å²) in [5, 5.41) is 11.7. The van der Waals surface area contributed by atoms with Gasteiger partial charge in [-0.05, 0) is 56.2 Å². The van der Waals surface area contributed by atoms with Crippen molar-refractivity contribution in [3.8, 4) is 5.75 Å². The van der Waals surface area contributed by atoms with Crippen LogP contribution in [0.3, 0.4) is 0 Å². The molecule has 31 heavy (non-hydrogen) atoms. The van der Waals surface area contributed by atoms with Crippen molar-refractivity contribution >= 4 is 29.1 Å². The zero-order valence-corrected chi connectivity index (χ0v) is 18.9. The van der Waals surface area contributed by atoms with Crippen molar-refractivity contribution in [3.05, 3.63) is 65.5 Å². The lowest BCUT2D eigenvalue weighted by molar-refractivity contribution is -0.115. The van der Waals surface area contributed by atoms with Gasteiger partial charge in [0.2, 0.25) is 5.91 Å². The number of ketones is 1. The molecule has 0 saturated heterocycles. The quantitative estimate of drug-likeness (QED) is 0.393. The highest BCUT2D eigenvalue weighted by molar-refractivity contribution is 8.00. The highest BCUT2D eigenvalue weighted by Crippen LogP contribution is 2.26. The van der Waals surface area contributed by atoms with E-state index < -0.39 is 0 Å². The van der Waals surface area contributed by atoms with Crippen LogP contribution in [0.1, 0.15) is 42.0 Å². The highest BCUT2D eigenvalue weighted by Gasteiger charge is 2.22. The number of carbonyl (C=O) groups excluding carboxylic acids is 2. The lowest BCUT2D eigenvalue weighted by Crippen LogP contribution is -2.25. The maximum absolute atomic E-state index is 12.8. The Hall–Kier alpha value is -3.13. The molecule has 0 aliphatic heterocycles. The summed E-state index contributed by atoms with van der Waals surface area (Å²) >= 11 is 1.36. The van der Waals surface area contributed by atoms with Gasteiger partial charge in [-0.2, -0.15) is 0 Å². The number of Topliss-reactive ketones (excluding diaryl/α,β-unsaturated/α-hetero) is 1. The number of benzene rings is 2. The Bertz CT molecular complexity index is 1060. The molecular weight excluding hydrogens is 412 g/mol. The summed E-state index contributed by atoms with van der Waals surface area (Å²) in [6.45, 7) is 5.75. The summed E-state index contributed by atoms with van der Waals surface area (Å²) < 4.78 is 7.71. The smallest absolute Gasteiger partial charge is 0.237 e. The molecule has 0 bridgehead atoms. The van der Waals surface area contributed by atoms with E-state index in [4.69, 9.17) is 4.74 Å². The van der Waals surface area contributed by atoms with Crippen LogP contribution in [0.5, 0.6) is 5.75 Å². The van der Waals surface area contributed by atoms with E-state index in [0.29, 0.717) is 35.3 Å². The van der Waals surface area contributed by atoms with Crippen LogP contribution in [0, 0.1) is 6.92 Å². The van der Waals surface area contributed by atoms with E-state index in [2.05, 4.69) is 15.5 Å². The maximum atomic E-state index is 12.8. The third-order valence-electron chi connectivity index (χ3n) is 4.85. The van der Waals surface area contributed by atoms with E-state index in [-0.39, 0.29) is 16.9 Å². The summed E-state index contributed by atoms with van der Waals surface area (Å²) in [5.74, 6) is 1.36. The molecule has 2 aromatic carbocycles. The monoisotopic (exact) mass is 438 g/mol. The van der Waals surface area contributed by atoms with Gasteiger partial charge in [-0.15, -0.1) is 10.2 Å². The molecule has 1 heterocycles. The first-order chi connectivity index (χ1) is 14.9. The van der Waals surface area contributed by atoms with Crippen LogP contribution < -0.4 is 10.1 Å². The van der Waals surface area contributed by atoms with Gasteiger partial charge in [0.15, 0.2) is 16.8 Å². The minimum Gasteiger partial charge on any atom is -0.485 e. The fourth-order valence-corrected chi connectivity index (χ4v) is 3.83. The second-order valence-electron chi connectivity index (χ2n) is 7.15. The van der Waals surface area contributed by atoms with Crippen molar-refractivity contribution in [3.63, 3.8) is 0 Å². The molecule has 7 nitrogen and oxygen atoms in total. The lowest BCUT2D eigenvalue weighted by atomic mass is 10.1. The Morgan fingerprint density at radius 2 is 1.84 bits per heavy atom. The number of carbonyl (C=O) groups is 2. The minimum atomic E-state index is -0.333. The molecule has 0 aliphatic carbocycles. The van der Waals surface area contributed by atoms with E-state index in [1.54, 1.807) is 24.3 Å². The number of para-hydroxylation sites is 1. The molecule has 0 saturated carbocycles. The third-order valence-corrected chi connectivity index (χ3v) is 6.24. The SMILES string of the molecule is CC[C@H](Sc1nnc(COc2ccccc2C)n1C)C(=O)Nc1ccc(C(C)=O)cc1. The van der Waals surface area contributed by atoms with E-state index in [9.17, 15) is 9.59 Å². The van der Waals surface area contributed by atoms with Crippen LogP contribution in [-0.2, 0) is 18.4 Å². The largest absolute Gasteiger partial charge is 0.485 e. The summed E-state index contributed by atoms with van der Waals surface area (Å²) in [6, 6.07) is 14.7. The van der Waals surface area contributed by atoms with Gasteiger partial charge in [-0.3, -0.25) is 9.59 Å². The number of nitrogens with one attached hydrogen (secondary N) is 1. The van der Waals surface area contributed by atoms with Gasteiger partial charge >= 0.3 is 0 Å². The van der Waals surface area contributed by atoms with Crippen LogP contribution in [0.25, 0.3) is 0 Å². The number of amides is 1. The number of thioether (sulfide) groups is 1. The predicted molar refractivity (Wildman–Crippen MR) is 122 cm³/mol. The highest BCUT2D eigenvalue weighted by atomic mass is 32.2. The molecule has 0 aliphatic rings. The van der Waals surface area contributed by atoms with Gasteiger partial charge < -0.3 is 14.6 Å². The van der Waals surface area contributed by atoms with Crippen molar-refractivity contribution in [2.24, 2.45) is 7.05 Å². The molecule has 8 heteroatoms. The van der Waals surface area contributed by atoms with Gasteiger partial charge in [0.05, 0.1) is 5.25 Å². The number of aromatic nitrogens is 3. The molecule has 0 fully saturated rings. The Balaban J connectivity index is 1.62. The normalized spacial score (nSPS) is 11.7. The molecule has 1 amide bonds. The first-order valence-electron chi connectivity index (χ1n) is 10.0. The van der Waals surface area contributed by atoms with Crippen LogP contribution in [0.15, 0.2) is 53.7 Å². The standard InChI is InChI=1S/C23H26N4O3S/c1-5-20(22(29)24-18-12-10-17(11-13-18)16(3)28)31-23-26-25-21(27(23)4)14-30-19-9-7-6-8-15(19)2/h6-13,20H,5,14H2,1-4H3,(H,24,29)/t20-/m0/s1. The first kappa shape index (κ1) is 22.6. The summed E-state index contributed by atoms with van der Waals surface area (Å²) in [7, 11) is 1.87. The predicted octanol–water partition coefficient (Wildman–Crippen LogP) is 4.41. The molecular formula is C23H26N4O3S. The summed E-state index contributed by atoms with van der Waals surface area (Å²) in [6.07, 6.45) is 0.629. The molecule has 0 spiro atoms. The molecule has 0 unspecified atom stereocenters. The first-order valence-corrected chi connectivity index (χ1v) is 10.9. The Kier molecular flexibility index (Phi) is 7.46. The van der Waals surface area contributed by atoms with Gasteiger partial charge in [0.1, 0.15) is 12.4 Å². The number of hydrogen-bond acceptors (Lipinski definition) is 6. The average molecular weight is 439 g/mol. The summed E-state index contributed by atoms with van der Waals surface area (Å²) in [5.41, 5.74) is 2.32. The number of nitrogens with zero attached hydrogens (tertiary/aromatic N) is 3. The number of anilines is 1. The van der Waals surface area contributed by atoms with Crippen LogP contribution in [0.4, 0.5) is 5.69 Å². The van der Waals surface area contributed by atoms with Crippen molar-refractivity contribution < 1.29 is 14.3 Å². The van der Waals surface area contributed by atoms with Crippen molar-refractivity contribution in [1.82, 2.24) is 14.8 Å². The number of rotatable bonds is 9. The topological polar surface area (TPSA) is 86.1 Å². The van der Waals surface area contributed by atoms with Crippen LogP contribution in [0.2, 0.25) is 0 Å². The zero-order valence-electron chi connectivity index (χ0n) is 18.1. The maximum Gasteiger partial charge on any atom is 0.237 e. The Morgan fingerprint density at radius 3 is 2.48 bits per heavy atom. The second kappa shape index (κ2) is 10.3. The minimum absolute atomic E-state index is 0.00985. The molecule has 1 aromatic heterocycles. The van der Waals surface area contributed by atoms with E-state index in [1.807, 2.05) is 49.7 Å². The summed E-state index contributed by atoms with van der Waals surface area (Å²) in [4.78, 5) is 24.2. The number of hydrogen-bond donors (Lipinski definition) is 1. The third kappa shape index (κ3) is 5.73. The van der Waals surface area contributed by atoms with Gasteiger partial charge in [0.25, 0.3) is 0 Å². The number of aryl methyl sites for hydroxylation is 1. The van der Waals surface area contributed by atoms with Crippen LogP contribution in [-0.4, -0.2) is 31.7 Å². The molecule has 1 atom stereocenters. The zero-order chi connectivity index (χ0) is 22.4. The lowest BCUT2D eigenvalue weighted by Gasteiger charge is -2.14. The van der Waals surface area contributed by atoms with Crippen molar-refractivity contribution in [2.45, 2.75) is 44.2 Å². The molecule has 3 aromatic rings. The van der Waals surface area contributed by atoms with Crippen LogP contribution >= 0.6 is 11.8 Å². The van der Waals surface area contributed by atoms with Gasteiger partial charge in [0, 0.05) is 18.3 Å². The Morgan fingerprint density at radius 1 is 1.13 bits per heavy atom. The average Bonchev–Trinajstić information content (AvgIpc) is 3.11. The van der Waals surface area contributed by atoms with Crippen molar-refractivity contribution in [1.29, 1.82) is 0 Å². The molecule has 162 valence electrons. The van der Waals surface area contributed by atoms with Gasteiger partial charge in [-0.1, -0.05) is 36.9 Å². The Labute approximate surface area is 186 Å². The van der Waals surface area contributed by atoms with Crippen molar-refractivity contribution in [2.75, 3.05) is 5.32 Å². The van der Waals surface area contributed by atoms with E-state index >= 15 is 0 Å². The molecule has 1 N–H and O–H groups in total. The second-order valence-corrected chi connectivity index (χ2v) is 8.32. The molecule has 3 rings (SSSR count). The fraction of sp³-hybridized carbons (Fsp3) is 0.304. The van der Waals surface area contributed by atoms with E-state index in [0.717, 1.165) is 11.3 Å². The van der Waals surface area contributed by atoms with E-state index in [1.165, 1.54) is 18.7 Å². The molecule has 0 radical (unpaired) electrons.